The van der Waals surface area contributed by atoms with E-state index in [0.717, 1.165) is 16.6 Å². The first kappa shape index (κ1) is 20.6. The smallest absolute Gasteiger partial charge is 0.325 e. The summed E-state index contributed by atoms with van der Waals surface area (Å²) in [4.78, 5) is 39.0. The van der Waals surface area contributed by atoms with Crippen molar-refractivity contribution in [1.82, 2.24) is 9.13 Å². The first-order valence-corrected chi connectivity index (χ1v) is 10.2. The Morgan fingerprint density at radius 1 is 0.935 bits per heavy atom. The summed E-state index contributed by atoms with van der Waals surface area (Å²) in [6.45, 7) is 1.82. The van der Waals surface area contributed by atoms with E-state index in [1.54, 1.807) is 48.5 Å². The van der Waals surface area contributed by atoms with E-state index < -0.39 is 11.2 Å². The van der Waals surface area contributed by atoms with Gasteiger partial charge in [-0.3, -0.25) is 14.2 Å². The van der Waals surface area contributed by atoms with Gasteiger partial charge >= 0.3 is 5.69 Å². The molecule has 7 heteroatoms. The number of hydrogen-bond acceptors (Lipinski definition) is 3. The number of carbonyl (C=O) groups excluding carboxylic acids is 1. The molecule has 1 N–H and O–H groups in total. The lowest BCUT2D eigenvalue weighted by atomic mass is 10.1. The van der Waals surface area contributed by atoms with Gasteiger partial charge in [0.25, 0.3) is 5.56 Å². The number of nitrogens with one attached hydrogen (secondary N) is 1. The molecule has 0 saturated heterocycles. The van der Waals surface area contributed by atoms with E-state index in [2.05, 4.69) is 12.2 Å². The molecule has 0 aliphatic heterocycles. The molecule has 4 aromatic rings. The first-order valence-electron chi connectivity index (χ1n) is 9.87. The van der Waals surface area contributed by atoms with E-state index in [1.165, 1.54) is 4.57 Å². The Labute approximate surface area is 183 Å². The van der Waals surface area contributed by atoms with Crippen molar-refractivity contribution in [2.24, 2.45) is 0 Å². The van der Waals surface area contributed by atoms with Crippen LogP contribution in [0.15, 0.2) is 82.4 Å². The van der Waals surface area contributed by atoms with Crippen molar-refractivity contribution in [1.29, 1.82) is 0 Å². The molecule has 0 bridgehead atoms. The number of halogens is 1. The Kier molecular flexibility index (Phi) is 5.73. The zero-order valence-electron chi connectivity index (χ0n) is 16.8. The Bertz CT molecular complexity index is 1370. The van der Waals surface area contributed by atoms with Gasteiger partial charge in [0.05, 0.1) is 16.6 Å². The molecular formula is C24H20ClN3O3. The van der Waals surface area contributed by atoms with Crippen LogP contribution in [0.2, 0.25) is 5.02 Å². The normalized spacial score (nSPS) is 10.9. The molecule has 31 heavy (non-hydrogen) atoms. The van der Waals surface area contributed by atoms with Crippen LogP contribution in [-0.4, -0.2) is 15.0 Å². The fraction of sp³-hybridized carbons (Fsp3) is 0.125. The van der Waals surface area contributed by atoms with Crippen LogP contribution in [0.3, 0.4) is 0 Å². The number of carbonyl (C=O) groups is 1. The summed E-state index contributed by atoms with van der Waals surface area (Å²) >= 11 is 5.95. The lowest BCUT2D eigenvalue weighted by molar-refractivity contribution is -0.116. The van der Waals surface area contributed by atoms with Crippen molar-refractivity contribution in [2.75, 3.05) is 5.32 Å². The molecular weight excluding hydrogens is 414 g/mol. The monoisotopic (exact) mass is 433 g/mol. The van der Waals surface area contributed by atoms with Crippen LogP contribution in [0, 0.1) is 0 Å². The minimum atomic E-state index is -0.595. The number of rotatable bonds is 5. The Balaban J connectivity index is 1.77. The number of aryl methyl sites for hydroxylation is 1. The van der Waals surface area contributed by atoms with Crippen molar-refractivity contribution in [3.63, 3.8) is 0 Å². The van der Waals surface area contributed by atoms with Crippen molar-refractivity contribution in [2.45, 2.75) is 19.9 Å². The van der Waals surface area contributed by atoms with E-state index in [-0.39, 0.29) is 12.5 Å². The molecule has 1 heterocycles. The molecule has 1 aromatic heterocycles. The van der Waals surface area contributed by atoms with Crippen molar-refractivity contribution in [3.05, 3.63) is 104 Å². The molecule has 4 rings (SSSR count). The molecule has 6 nitrogen and oxygen atoms in total. The molecule has 0 saturated carbocycles. The lowest BCUT2D eigenvalue weighted by Crippen LogP contribution is -2.40. The van der Waals surface area contributed by atoms with Gasteiger partial charge in [0.1, 0.15) is 6.54 Å². The van der Waals surface area contributed by atoms with E-state index in [9.17, 15) is 14.4 Å². The highest BCUT2D eigenvalue weighted by molar-refractivity contribution is 6.30. The maximum atomic E-state index is 13.3. The SMILES string of the molecule is CCc1ccc(NC(=O)Cn2c(=O)n(-c3ccc(Cl)cc3)c(=O)c3ccccc32)cc1. The number of fused-ring (bicyclic) bond motifs is 1. The molecule has 0 radical (unpaired) electrons. The number of anilines is 1. The van der Waals surface area contributed by atoms with Gasteiger partial charge in [-0.05, 0) is 60.5 Å². The third-order valence-corrected chi connectivity index (χ3v) is 5.33. The summed E-state index contributed by atoms with van der Waals surface area (Å²) < 4.78 is 2.36. The summed E-state index contributed by atoms with van der Waals surface area (Å²) in [5.74, 6) is -0.363. The average molecular weight is 434 g/mol. The Morgan fingerprint density at radius 2 is 1.61 bits per heavy atom. The van der Waals surface area contributed by atoms with Gasteiger partial charge < -0.3 is 5.32 Å². The molecule has 0 fully saturated rings. The van der Waals surface area contributed by atoms with Crippen LogP contribution in [0.1, 0.15) is 12.5 Å². The minimum Gasteiger partial charge on any atom is -0.325 e. The number of nitrogens with zero attached hydrogens (tertiary/aromatic N) is 2. The van der Waals surface area contributed by atoms with Gasteiger partial charge in [-0.15, -0.1) is 0 Å². The predicted molar refractivity (Wildman–Crippen MR) is 123 cm³/mol. The molecule has 0 aliphatic rings. The van der Waals surface area contributed by atoms with Crippen LogP contribution >= 0.6 is 11.6 Å². The van der Waals surface area contributed by atoms with Crippen LogP contribution in [-0.2, 0) is 17.8 Å². The summed E-state index contributed by atoms with van der Waals surface area (Å²) in [5.41, 5.74) is 1.55. The van der Waals surface area contributed by atoms with Crippen LogP contribution in [0.4, 0.5) is 5.69 Å². The molecule has 1 amide bonds. The van der Waals surface area contributed by atoms with Crippen LogP contribution in [0.5, 0.6) is 0 Å². The maximum Gasteiger partial charge on any atom is 0.336 e. The molecule has 0 unspecified atom stereocenters. The fourth-order valence-electron chi connectivity index (χ4n) is 3.46. The average Bonchev–Trinajstić information content (AvgIpc) is 2.78. The molecule has 3 aromatic carbocycles. The highest BCUT2D eigenvalue weighted by Crippen LogP contribution is 2.14. The van der Waals surface area contributed by atoms with Gasteiger partial charge in [-0.25, -0.2) is 9.36 Å². The second-order valence-electron chi connectivity index (χ2n) is 7.10. The first-order chi connectivity index (χ1) is 15.0. The Hall–Kier alpha value is -3.64. The van der Waals surface area contributed by atoms with Crippen LogP contribution < -0.4 is 16.6 Å². The van der Waals surface area contributed by atoms with Gasteiger partial charge in [-0.1, -0.05) is 42.8 Å². The standard InChI is InChI=1S/C24H20ClN3O3/c1-2-16-7-11-18(12-8-16)26-22(29)15-27-21-6-4-3-5-20(21)23(30)28(24(27)31)19-13-9-17(25)10-14-19/h3-14H,2,15H2,1H3,(H,26,29). The zero-order chi connectivity index (χ0) is 22.0. The fourth-order valence-corrected chi connectivity index (χ4v) is 3.59. The maximum absolute atomic E-state index is 13.3. The third-order valence-electron chi connectivity index (χ3n) is 5.08. The quantitative estimate of drug-likeness (QED) is 0.517. The Morgan fingerprint density at radius 3 is 2.29 bits per heavy atom. The second kappa shape index (κ2) is 8.62. The number of aromatic nitrogens is 2. The lowest BCUT2D eigenvalue weighted by Gasteiger charge is -2.14. The van der Waals surface area contributed by atoms with Crippen molar-refractivity contribution < 1.29 is 4.79 Å². The van der Waals surface area contributed by atoms with Gasteiger partial charge in [0.2, 0.25) is 5.91 Å². The molecule has 0 atom stereocenters. The molecule has 156 valence electrons. The number of para-hydroxylation sites is 1. The summed E-state index contributed by atoms with van der Waals surface area (Å²) in [6, 6.07) is 20.7. The van der Waals surface area contributed by atoms with Crippen molar-refractivity contribution >= 4 is 34.1 Å². The predicted octanol–water partition coefficient (Wildman–Crippen LogP) is 4.01. The topological polar surface area (TPSA) is 73.1 Å². The summed E-state index contributed by atoms with van der Waals surface area (Å²) in [7, 11) is 0. The largest absolute Gasteiger partial charge is 0.336 e. The number of benzene rings is 3. The van der Waals surface area contributed by atoms with Crippen LogP contribution in [0.25, 0.3) is 16.6 Å². The van der Waals surface area contributed by atoms with E-state index in [0.29, 0.717) is 27.3 Å². The zero-order valence-corrected chi connectivity index (χ0v) is 17.6. The third kappa shape index (κ3) is 4.15. The number of hydrogen-bond donors (Lipinski definition) is 1. The van der Waals surface area contributed by atoms with Gasteiger partial charge in [0.15, 0.2) is 0 Å². The van der Waals surface area contributed by atoms with Crippen molar-refractivity contribution in [3.8, 4) is 5.69 Å². The number of amides is 1. The van der Waals surface area contributed by atoms with Gasteiger partial charge in [0, 0.05) is 10.7 Å². The van der Waals surface area contributed by atoms with E-state index >= 15 is 0 Å². The van der Waals surface area contributed by atoms with E-state index in [4.69, 9.17) is 11.6 Å². The van der Waals surface area contributed by atoms with Gasteiger partial charge in [-0.2, -0.15) is 0 Å². The van der Waals surface area contributed by atoms with E-state index in [1.807, 2.05) is 24.3 Å². The second-order valence-corrected chi connectivity index (χ2v) is 7.54. The molecule has 0 spiro atoms. The highest BCUT2D eigenvalue weighted by Gasteiger charge is 2.16. The molecule has 0 aliphatic carbocycles. The highest BCUT2D eigenvalue weighted by atomic mass is 35.5. The summed E-state index contributed by atoms with van der Waals surface area (Å²) in [6.07, 6.45) is 0.905. The minimum absolute atomic E-state index is 0.233. The summed E-state index contributed by atoms with van der Waals surface area (Å²) in [5, 5.41) is 3.65.